The van der Waals surface area contributed by atoms with Gasteiger partial charge in [-0.3, -0.25) is 4.79 Å². The number of thiol groups is 1. The number of carbonyl (C=O) groups is 2. The van der Waals surface area contributed by atoms with Crippen molar-refractivity contribution in [2.75, 3.05) is 34.6 Å². The fourth-order valence-electron chi connectivity index (χ4n) is 5.25. The Morgan fingerprint density at radius 1 is 1.18 bits per heavy atom. The van der Waals surface area contributed by atoms with Crippen LogP contribution in [0.25, 0.3) is 5.57 Å². The number of amides is 2. The normalized spacial score (nSPS) is 18.8. The minimum absolute atomic E-state index is 0.0884. The number of aromatic nitrogens is 2. The Labute approximate surface area is 230 Å². The SMILES string of the molecule is CC(C)OC(=O)N1CCC=C(c2ccc(C(=O)N(c3cccc(N)n3)[SH](=O)=O)c(N3C[C@@H](C)CC3(C)C)n2)C1. The average Bonchev–Trinajstić information content (AvgIpc) is 3.14. The van der Waals surface area contributed by atoms with Crippen molar-refractivity contribution < 1.29 is 22.7 Å². The van der Waals surface area contributed by atoms with Crippen LogP contribution in [0.1, 0.15) is 63.5 Å². The van der Waals surface area contributed by atoms with Gasteiger partial charge in [0.2, 0.25) is 10.9 Å². The zero-order valence-corrected chi connectivity index (χ0v) is 23.9. The highest BCUT2D eigenvalue weighted by Gasteiger charge is 2.40. The molecule has 1 atom stereocenters. The number of nitrogen functional groups attached to an aromatic ring is 1. The van der Waals surface area contributed by atoms with Gasteiger partial charge in [-0.15, -0.1) is 0 Å². The van der Waals surface area contributed by atoms with Gasteiger partial charge in [0.25, 0.3) is 5.91 Å². The summed E-state index contributed by atoms with van der Waals surface area (Å²) in [6, 6.07) is 7.76. The summed E-state index contributed by atoms with van der Waals surface area (Å²) in [5.74, 6) is -0.0372. The molecular weight excluding hydrogens is 520 g/mol. The van der Waals surface area contributed by atoms with Crippen LogP contribution in [-0.2, 0) is 15.6 Å². The first-order valence-electron chi connectivity index (χ1n) is 13.0. The van der Waals surface area contributed by atoms with Crippen molar-refractivity contribution >= 4 is 45.9 Å². The number of hydrogen-bond donors (Lipinski definition) is 2. The molecule has 0 saturated carbocycles. The lowest BCUT2D eigenvalue weighted by molar-refractivity contribution is 0.0802. The van der Waals surface area contributed by atoms with Crippen molar-refractivity contribution in [3.05, 3.63) is 47.7 Å². The van der Waals surface area contributed by atoms with Crippen LogP contribution in [0.3, 0.4) is 0 Å². The van der Waals surface area contributed by atoms with Crippen molar-refractivity contribution in [1.29, 1.82) is 0 Å². The Morgan fingerprint density at radius 2 is 1.92 bits per heavy atom. The highest BCUT2D eigenvalue weighted by molar-refractivity contribution is 7.75. The Kier molecular flexibility index (Phi) is 8.15. The third-order valence-electron chi connectivity index (χ3n) is 6.84. The summed E-state index contributed by atoms with van der Waals surface area (Å²) >= 11 is 0. The standard InChI is InChI=1S/C27H36N6O5S/c1-17(2)38-26(35)31-13-7-8-19(16-31)21-12-11-20(24(29-21)32-15-18(3)14-27(32,4)5)25(34)33(39(36)37)23-10-6-9-22(28)30-23/h6,8-12,17-18,39H,7,13-16H2,1-5H3,(H2,28,30)/t18-/m0/s1. The van der Waals surface area contributed by atoms with Crippen molar-refractivity contribution in [3.63, 3.8) is 0 Å². The number of pyridine rings is 2. The summed E-state index contributed by atoms with van der Waals surface area (Å²) < 4.78 is 30.6. The van der Waals surface area contributed by atoms with Gasteiger partial charge < -0.3 is 20.3 Å². The van der Waals surface area contributed by atoms with Crippen LogP contribution in [-0.4, -0.2) is 66.6 Å². The molecule has 0 spiro atoms. The molecule has 2 aromatic heterocycles. The largest absolute Gasteiger partial charge is 0.447 e. The molecule has 210 valence electrons. The lowest BCUT2D eigenvalue weighted by Gasteiger charge is -2.34. The summed E-state index contributed by atoms with van der Waals surface area (Å²) in [5, 5.41) is 0. The molecule has 2 amide bonds. The second kappa shape index (κ2) is 11.2. The Hall–Kier alpha value is -3.67. The van der Waals surface area contributed by atoms with Crippen LogP contribution >= 0.6 is 0 Å². The Balaban J connectivity index is 1.77. The van der Waals surface area contributed by atoms with Gasteiger partial charge in [0.15, 0.2) is 5.82 Å². The van der Waals surface area contributed by atoms with E-state index in [4.69, 9.17) is 15.5 Å². The van der Waals surface area contributed by atoms with Gasteiger partial charge in [0.1, 0.15) is 11.6 Å². The molecule has 1 saturated heterocycles. The molecule has 4 heterocycles. The first-order chi connectivity index (χ1) is 18.4. The molecule has 12 heteroatoms. The molecule has 2 aromatic rings. The van der Waals surface area contributed by atoms with E-state index >= 15 is 0 Å². The minimum Gasteiger partial charge on any atom is -0.447 e. The van der Waals surface area contributed by atoms with Crippen LogP contribution in [0.15, 0.2) is 36.4 Å². The number of nitrogens with two attached hydrogens (primary N) is 1. The van der Waals surface area contributed by atoms with Gasteiger partial charge in [0, 0.05) is 18.6 Å². The Bertz CT molecular complexity index is 1360. The minimum atomic E-state index is -3.36. The van der Waals surface area contributed by atoms with E-state index < -0.39 is 16.8 Å². The number of carbonyl (C=O) groups excluding carboxylic acids is 2. The number of hydrogen-bond acceptors (Lipinski definition) is 9. The first kappa shape index (κ1) is 28.3. The monoisotopic (exact) mass is 556 g/mol. The predicted octanol–water partition coefficient (Wildman–Crippen LogP) is 3.49. The van der Waals surface area contributed by atoms with E-state index in [0.29, 0.717) is 47.8 Å². The summed E-state index contributed by atoms with van der Waals surface area (Å²) in [6.45, 7) is 11.4. The second-order valence-electron chi connectivity index (χ2n) is 10.9. The summed E-state index contributed by atoms with van der Waals surface area (Å²) in [5.41, 5.74) is 7.02. The number of rotatable bonds is 6. The molecule has 0 bridgehead atoms. The molecule has 39 heavy (non-hydrogen) atoms. The van der Waals surface area contributed by atoms with E-state index in [1.165, 1.54) is 18.2 Å². The summed E-state index contributed by atoms with van der Waals surface area (Å²) in [7, 11) is -3.36. The van der Waals surface area contributed by atoms with Gasteiger partial charge in [-0.25, -0.2) is 23.2 Å². The zero-order valence-electron chi connectivity index (χ0n) is 23.0. The van der Waals surface area contributed by atoms with Gasteiger partial charge in [-0.2, -0.15) is 4.31 Å². The first-order valence-corrected chi connectivity index (χ1v) is 14.2. The molecule has 0 aliphatic carbocycles. The third-order valence-corrected chi connectivity index (χ3v) is 7.55. The molecule has 1 fully saturated rings. The fraction of sp³-hybridized carbons (Fsp3) is 0.481. The van der Waals surface area contributed by atoms with Crippen molar-refractivity contribution in [2.45, 2.75) is 59.1 Å². The number of anilines is 3. The van der Waals surface area contributed by atoms with Crippen LogP contribution in [0.4, 0.5) is 22.2 Å². The molecule has 4 rings (SSSR count). The maximum atomic E-state index is 13.8. The zero-order chi connectivity index (χ0) is 28.5. The van der Waals surface area contributed by atoms with Crippen LogP contribution in [0.2, 0.25) is 0 Å². The van der Waals surface area contributed by atoms with E-state index in [2.05, 4.69) is 30.7 Å². The van der Waals surface area contributed by atoms with Crippen molar-refractivity contribution in [2.24, 2.45) is 5.92 Å². The summed E-state index contributed by atoms with van der Waals surface area (Å²) in [4.78, 5) is 39.0. The lowest BCUT2D eigenvalue weighted by atomic mass is 9.97. The molecule has 0 unspecified atom stereocenters. The van der Waals surface area contributed by atoms with Crippen molar-refractivity contribution in [1.82, 2.24) is 14.9 Å². The van der Waals surface area contributed by atoms with E-state index in [1.807, 2.05) is 6.08 Å². The molecule has 2 aliphatic rings. The topological polar surface area (TPSA) is 139 Å². The van der Waals surface area contributed by atoms with E-state index in [-0.39, 0.29) is 34.9 Å². The van der Waals surface area contributed by atoms with E-state index in [1.54, 1.807) is 30.9 Å². The second-order valence-corrected chi connectivity index (χ2v) is 11.8. The fourth-order valence-corrected chi connectivity index (χ4v) is 5.79. The van der Waals surface area contributed by atoms with Gasteiger partial charge in [-0.1, -0.05) is 19.1 Å². The molecule has 11 nitrogen and oxygen atoms in total. The average molecular weight is 557 g/mol. The third kappa shape index (κ3) is 6.16. The maximum Gasteiger partial charge on any atom is 0.410 e. The van der Waals surface area contributed by atoms with Crippen molar-refractivity contribution in [3.8, 4) is 0 Å². The molecule has 0 radical (unpaired) electrons. The number of ether oxygens (including phenoxy) is 1. The highest BCUT2D eigenvalue weighted by atomic mass is 32.2. The number of nitrogens with zero attached hydrogens (tertiary/aromatic N) is 5. The van der Waals surface area contributed by atoms with Gasteiger partial charge in [-0.05, 0) is 76.3 Å². The lowest BCUT2D eigenvalue weighted by Crippen LogP contribution is -2.41. The maximum absolute atomic E-state index is 13.8. The van der Waals surface area contributed by atoms with Crippen LogP contribution < -0.4 is 14.9 Å². The quantitative estimate of drug-likeness (QED) is 0.512. The van der Waals surface area contributed by atoms with E-state index in [9.17, 15) is 18.0 Å². The molecule has 0 aromatic carbocycles. The molecule has 2 aliphatic heterocycles. The summed E-state index contributed by atoms with van der Waals surface area (Å²) in [6.07, 6.45) is 2.92. The van der Waals surface area contributed by atoms with Crippen LogP contribution in [0.5, 0.6) is 0 Å². The molecule has 2 N–H and O–H groups in total. The van der Waals surface area contributed by atoms with Crippen LogP contribution in [0, 0.1) is 5.92 Å². The van der Waals surface area contributed by atoms with E-state index in [0.717, 1.165) is 12.0 Å². The highest BCUT2D eigenvalue weighted by Crippen LogP contribution is 2.38. The van der Waals surface area contributed by atoms with Gasteiger partial charge in [0.05, 0.1) is 23.9 Å². The van der Waals surface area contributed by atoms with Gasteiger partial charge >= 0.3 is 6.09 Å². The smallest absolute Gasteiger partial charge is 0.410 e. The molecular formula is C27H36N6O5S. The Morgan fingerprint density at radius 3 is 2.54 bits per heavy atom. The predicted molar refractivity (Wildman–Crippen MR) is 151 cm³/mol.